The highest BCUT2D eigenvalue weighted by molar-refractivity contribution is 5.73. The number of esters is 2. The monoisotopic (exact) mass is 500 g/mol. The van der Waals surface area contributed by atoms with Gasteiger partial charge in [-0.2, -0.15) is 0 Å². The van der Waals surface area contributed by atoms with Crippen LogP contribution in [0.25, 0.3) is 0 Å². The number of hydrogen-bond donors (Lipinski definition) is 0. The van der Waals surface area contributed by atoms with Crippen molar-refractivity contribution in [3.05, 3.63) is 0 Å². The van der Waals surface area contributed by atoms with E-state index in [2.05, 4.69) is 55.4 Å². The molecule has 4 saturated carbocycles. The predicted octanol–water partition coefficient (Wildman–Crippen LogP) is 7.87. The van der Waals surface area contributed by atoms with E-state index < -0.39 is 0 Å². The van der Waals surface area contributed by atoms with E-state index in [-0.39, 0.29) is 23.1 Å². The third-order valence-electron chi connectivity index (χ3n) is 12.9. The Kier molecular flexibility index (Phi) is 6.06. The van der Waals surface area contributed by atoms with E-state index in [4.69, 9.17) is 9.47 Å². The average Bonchev–Trinajstić information content (AvgIpc) is 3.23. The van der Waals surface area contributed by atoms with Gasteiger partial charge in [-0.25, -0.2) is 0 Å². The molecule has 0 aromatic carbocycles. The normalized spacial score (nSPS) is 50.3. The minimum atomic E-state index is -0.171. The Balaban J connectivity index is 0.000000148. The maximum Gasteiger partial charge on any atom is 0.306 e. The first-order chi connectivity index (χ1) is 16.6. The van der Waals surface area contributed by atoms with E-state index in [1.165, 1.54) is 51.4 Å². The van der Waals surface area contributed by atoms with Gasteiger partial charge in [0.25, 0.3) is 0 Å². The summed E-state index contributed by atoms with van der Waals surface area (Å²) in [6.07, 6.45) is 13.7. The van der Waals surface area contributed by atoms with E-state index >= 15 is 0 Å². The van der Waals surface area contributed by atoms with E-state index in [0.29, 0.717) is 46.3 Å². The topological polar surface area (TPSA) is 52.6 Å². The first-order valence-electron chi connectivity index (χ1n) is 15.0. The van der Waals surface area contributed by atoms with Gasteiger partial charge in [0.2, 0.25) is 0 Å². The molecule has 4 aliphatic carbocycles. The highest BCUT2D eigenvalue weighted by atomic mass is 16.6. The van der Waals surface area contributed by atoms with Crippen LogP contribution in [0.5, 0.6) is 0 Å². The van der Waals surface area contributed by atoms with Crippen LogP contribution in [0.15, 0.2) is 0 Å². The fourth-order valence-corrected chi connectivity index (χ4v) is 11.3. The van der Waals surface area contributed by atoms with Crippen molar-refractivity contribution < 1.29 is 19.1 Å². The molecule has 0 radical (unpaired) electrons. The molecule has 4 heteroatoms. The molecule has 0 aromatic heterocycles. The van der Waals surface area contributed by atoms with Gasteiger partial charge in [0.05, 0.1) is 12.8 Å². The van der Waals surface area contributed by atoms with Crippen LogP contribution < -0.4 is 0 Å². The van der Waals surface area contributed by atoms with Gasteiger partial charge < -0.3 is 9.47 Å². The second-order valence-electron chi connectivity index (χ2n) is 16.0. The van der Waals surface area contributed by atoms with Crippen LogP contribution in [-0.4, -0.2) is 23.1 Å². The fraction of sp³-hybridized carbons (Fsp3) is 0.938. The van der Waals surface area contributed by atoms with Crippen molar-refractivity contribution in [3.8, 4) is 0 Å². The smallest absolute Gasteiger partial charge is 0.306 e. The van der Waals surface area contributed by atoms with Gasteiger partial charge in [0.15, 0.2) is 0 Å². The quantitative estimate of drug-likeness (QED) is 0.318. The molecule has 6 rings (SSSR count). The number of rotatable bonds is 0. The summed E-state index contributed by atoms with van der Waals surface area (Å²) in [6, 6.07) is 0. The maximum absolute atomic E-state index is 11.8. The van der Waals surface area contributed by atoms with Gasteiger partial charge in [-0.3, -0.25) is 9.59 Å². The van der Waals surface area contributed by atoms with Crippen molar-refractivity contribution in [1.82, 2.24) is 0 Å². The van der Waals surface area contributed by atoms with Gasteiger partial charge in [-0.15, -0.1) is 0 Å². The minimum absolute atomic E-state index is 0.0350. The van der Waals surface area contributed by atoms with E-state index in [9.17, 15) is 9.59 Å². The van der Waals surface area contributed by atoms with Crippen LogP contribution in [-0.2, 0) is 19.1 Å². The van der Waals surface area contributed by atoms with Gasteiger partial charge in [0, 0.05) is 11.8 Å². The lowest BCUT2D eigenvalue weighted by molar-refractivity contribution is -0.166. The lowest BCUT2D eigenvalue weighted by Gasteiger charge is -2.59. The van der Waals surface area contributed by atoms with E-state index in [1.807, 2.05) is 0 Å². The molecular formula is C32H52O4. The van der Waals surface area contributed by atoms with Crippen molar-refractivity contribution >= 4 is 11.9 Å². The highest BCUT2D eigenvalue weighted by Crippen LogP contribution is 2.66. The Morgan fingerprint density at radius 1 is 0.528 bits per heavy atom. The number of ether oxygens (including phenoxy) is 2. The van der Waals surface area contributed by atoms with Crippen LogP contribution in [0.1, 0.15) is 132 Å². The molecule has 0 N–H and O–H groups in total. The average molecular weight is 501 g/mol. The zero-order chi connectivity index (χ0) is 26.4. The Bertz CT molecular complexity index is 847. The first-order valence-corrected chi connectivity index (χ1v) is 15.0. The molecule has 204 valence electrons. The molecule has 0 amide bonds. The summed E-state index contributed by atoms with van der Waals surface area (Å²) < 4.78 is 11.4. The molecule has 2 aliphatic heterocycles. The Morgan fingerprint density at radius 3 is 1.25 bits per heavy atom. The third kappa shape index (κ3) is 3.89. The van der Waals surface area contributed by atoms with Crippen LogP contribution >= 0.6 is 0 Å². The molecule has 0 spiro atoms. The third-order valence-corrected chi connectivity index (χ3v) is 12.9. The number of fused-ring (bicyclic) bond motifs is 6. The zero-order valence-corrected chi connectivity index (χ0v) is 24.4. The van der Waals surface area contributed by atoms with Gasteiger partial charge >= 0.3 is 11.9 Å². The largest absolute Gasteiger partial charge is 0.459 e. The minimum Gasteiger partial charge on any atom is -0.459 e. The molecule has 4 nitrogen and oxygen atoms in total. The molecular weight excluding hydrogens is 448 g/mol. The standard InChI is InChI=1S/2C16H26O2/c2*1-14(2)7-5-8-15(3)11(14)6-9-16(4)12(15)10-13(17)18-16/h2*11-12H,5-10H2,1-4H3. The molecule has 2 saturated heterocycles. The Labute approximate surface area is 220 Å². The van der Waals surface area contributed by atoms with Crippen LogP contribution in [0.3, 0.4) is 0 Å². The second-order valence-corrected chi connectivity index (χ2v) is 16.0. The molecule has 0 aromatic rings. The fourth-order valence-electron chi connectivity index (χ4n) is 11.3. The van der Waals surface area contributed by atoms with Crippen LogP contribution in [0.2, 0.25) is 0 Å². The van der Waals surface area contributed by atoms with Crippen LogP contribution in [0.4, 0.5) is 0 Å². The predicted molar refractivity (Wildman–Crippen MR) is 142 cm³/mol. The molecule has 36 heavy (non-hydrogen) atoms. The van der Waals surface area contributed by atoms with Crippen molar-refractivity contribution in [2.24, 2.45) is 45.3 Å². The summed E-state index contributed by atoms with van der Waals surface area (Å²) in [5.74, 6) is 2.46. The lowest BCUT2D eigenvalue weighted by Crippen LogP contribution is -2.55. The van der Waals surface area contributed by atoms with E-state index in [1.54, 1.807) is 0 Å². The van der Waals surface area contributed by atoms with Crippen molar-refractivity contribution in [1.29, 1.82) is 0 Å². The van der Waals surface area contributed by atoms with Crippen molar-refractivity contribution in [2.45, 2.75) is 144 Å². The molecule has 2 heterocycles. The van der Waals surface area contributed by atoms with Gasteiger partial charge in [-0.05, 0) is 98.7 Å². The first kappa shape index (κ1) is 26.5. The Hall–Kier alpha value is -1.06. The summed E-state index contributed by atoms with van der Waals surface area (Å²) in [4.78, 5) is 23.5. The number of carbonyl (C=O) groups is 2. The summed E-state index contributed by atoms with van der Waals surface area (Å²) in [6.45, 7) is 18.9. The molecule has 0 bridgehead atoms. The molecule has 6 fully saturated rings. The number of hydrogen-bond acceptors (Lipinski definition) is 4. The summed E-state index contributed by atoms with van der Waals surface area (Å²) >= 11 is 0. The summed E-state index contributed by atoms with van der Waals surface area (Å²) in [7, 11) is 0. The second kappa shape index (κ2) is 8.22. The maximum atomic E-state index is 11.8. The molecule has 8 unspecified atom stereocenters. The van der Waals surface area contributed by atoms with Crippen molar-refractivity contribution in [2.75, 3.05) is 0 Å². The summed E-state index contributed by atoms with van der Waals surface area (Å²) in [5, 5.41) is 0. The number of carbonyl (C=O) groups excluding carboxylic acids is 2. The molecule has 8 atom stereocenters. The Morgan fingerprint density at radius 2 is 0.889 bits per heavy atom. The zero-order valence-electron chi connectivity index (χ0n) is 24.4. The van der Waals surface area contributed by atoms with Gasteiger partial charge in [0.1, 0.15) is 11.2 Å². The summed E-state index contributed by atoms with van der Waals surface area (Å²) in [5.41, 5.74) is 1.13. The molecule has 6 aliphatic rings. The van der Waals surface area contributed by atoms with Gasteiger partial charge in [-0.1, -0.05) is 54.4 Å². The highest BCUT2D eigenvalue weighted by Gasteiger charge is 2.64. The lowest BCUT2D eigenvalue weighted by atomic mass is 9.45. The van der Waals surface area contributed by atoms with E-state index in [0.717, 1.165) is 24.7 Å². The van der Waals surface area contributed by atoms with Crippen LogP contribution in [0, 0.1) is 45.3 Å². The van der Waals surface area contributed by atoms with Crippen molar-refractivity contribution in [3.63, 3.8) is 0 Å². The SMILES string of the molecule is CC1(C)CCCC2(C)C1CCC1(C)OC(=O)CC12.CC1(C)CCCC2(C)C1CCC1(C)OC(=O)CC12.